The molecule has 176 valence electrons. The van der Waals surface area contributed by atoms with Crippen LogP contribution in [0.2, 0.25) is 0 Å². The normalized spacial score (nSPS) is 11.2. The van der Waals surface area contributed by atoms with E-state index in [4.69, 9.17) is 15.9 Å². The van der Waals surface area contributed by atoms with Crippen molar-refractivity contribution in [1.29, 1.82) is 0 Å². The highest BCUT2D eigenvalue weighted by Gasteiger charge is 2.22. The maximum absolute atomic E-state index is 12.9. The third kappa shape index (κ3) is 5.80. The molecule has 33 heavy (non-hydrogen) atoms. The van der Waals surface area contributed by atoms with Crippen LogP contribution in [-0.2, 0) is 24.3 Å². The van der Waals surface area contributed by atoms with Gasteiger partial charge in [0.25, 0.3) is 5.56 Å². The molecule has 0 fully saturated rings. The zero-order chi connectivity index (χ0) is 24.1. The van der Waals surface area contributed by atoms with Crippen molar-refractivity contribution in [3.63, 3.8) is 0 Å². The Morgan fingerprint density at radius 3 is 2.64 bits per heavy atom. The average molecular weight is 476 g/mol. The van der Waals surface area contributed by atoms with Gasteiger partial charge >= 0.3 is 5.69 Å². The van der Waals surface area contributed by atoms with E-state index in [-0.39, 0.29) is 49.0 Å². The lowest BCUT2D eigenvalue weighted by atomic mass is 10.2. The van der Waals surface area contributed by atoms with E-state index in [1.807, 2.05) is 13.8 Å². The molecule has 0 aromatic carbocycles. The third-order valence-corrected chi connectivity index (χ3v) is 5.65. The van der Waals surface area contributed by atoms with Crippen LogP contribution in [0.1, 0.15) is 42.2 Å². The predicted molar refractivity (Wildman–Crippen MR) is 121 cm³/mol. The van der Waals surface area contributed by atoms with Crippen LogP contribution < -0.4 is 22.7 Å². The van der Waals surface area contributed by atoms with Crippen LogP contribution in [0.15, 0.2) is 37.6 Å². The summed E-state index contributed by atoms with van der Waals surface area (Å²) in [7, 11) is 0. The van der Waals surface area contributed by atoms with Crippen molar-refractivity contribution in [2.75, 3.05) is 11.5 Å². The van der Waals surface area contributed by atoms with E-state index in [1.54, 1.807) is 16.7 Å². The first-order chi connectivity index (χ1) is 15.7. The summed E-state index contributed by atoms with van der Waals surface area (Å²) in [6, 6.07) is 3.51. The highest BCUT2D eigenvalue weighted by Crippen LogP contribution is 2.21. The van der Waals surface area contributed by atoms with Crippen LogP contribution in [0.25, 0.3) is 0 Å². The van der Waals surface area contributed by atoms with Gasteiger partial charge in [0.2, 0.25) is 5.91 Å². The van der Waals surface area contributed by atoms with Crippen LogP contribution in [0.3, 0.4) is 0 Å². The number of H-pyrrole nitrogens is 1. The second-order valence-corrected chi connectivity index (χ2v) is 8.71. The summed E-state index contributed by atoms with van der Waals surface area (Å²) in [5, 5.41) is 8.61. The van der Waals surface area contributed by atoms with Gasteiger partial charge in [-0.15, -0.1) is 10.2 Å². The molecule has 3 aromatic rings. The standard InChI is InChI=1S/C20H25N7O5S/c1-11(2)8-27-17(22)16(18(30)23-19(27)31)13(28)10-33-20-25-24-15(6-5-14(21)29)26(20)9-12-4-3-7-32-12/h3-4,7,11H,5-6,8-10,22H2,1-2H3,(H2,21,29)(H,23,30,31). The molecule has 5 N–H and O–H groups in total. The molecule has 3 rings (SSSR count). The Kier molecular flexibility index (Phi) is 7.53. The van der Waals surface area contributed by atoms with Gasteiger partial charge in [-0.2, -0.15) is 0 Å². The molecule has 0 saturated heterocycles. The fraction of sp³-hybridized carbons (Fsp3) is 0.400. The number of nitrogens with zero attached hydrogens (tertiary/aromatic N) is 4. The molecule has 0 radical (unpaired) electrons. The number of nitrogen functional groups attached to an aromatic ring is 1. The number of hydrogen-bond acceptors (Lipinski definition) is 9. The smallest absolute Gasteiger partial charge is 0.329 e. The Hall–Kier alpha value is -3.61. The van der Waals surface area contributed by atoms with Crippen molar-refractivity contribution in [1.82, 2.24) is 24.3 Å². The van der Waals surface area contributed by atoms with Crippen molar-refractivity contribution >= 4 is 29.3 Å². The number of carbonyl (C=O) groups excluding carboxylic acids is 2. The molecule has 0 unspecified atom stereocenters. The second-order valence-electron chi connectivity index (χ2n) is 7.77. The number of aromatic nitrogens is 5. The number of hydrogen-bond donors (Lipinski definition) is 3. The molecule has 13 heteroatoms. The highest BCUT2D eigenvalue weighted by molar-refractivity contribution is 7.99. The van der Waals surface area contributed by atoms with Crippen LogP contribution in [0, 0.1) is 5.92 Å². The Morgan fingerprint density at radius 1 is 1.24 bits per heavy atom. The van der Waals surface area contributed by atoms with Gasteiger partial charge in [0.1, 0.15) is 23.0 Å². The van der Waals surface area contributed by atoms with Gasteiger partial charge in [-0.1, -0.05) is 25.6 Å². The zero-order valence-corrected chi connectivity index (χ0v) is 19.1. The van der Waals surface area contributed by atoms with E-state index < -0.39 is 22.9 Å². The van der Waals surface area contributed by atoms with E-state index in [1.165, 1.54) is 10.8 Å². The summed E-state index contributed by atoms with van der Waals surface area (Å²) >= 11 is 1.05. The first kappa shape index (κ1) is 24.0. The molecule has 0 bridgehead atoms. The van der Waals surface area contributed by atoms with Crippen LogP contribution in [0.5, 0.6) is 0 Å². The van der Waals surface area contributed by atoms with Gasteiger partial charge in [0, 0.05) is 19.4 Å². The van der Waals surface area contributed by atoms with E-state index >= 15 is 0 Å². The molecule has 0 saturated carbocycles. The number of furan rings is 1. The summed E-state index contributed by atoms with van der Waals surface area (Å²) in [5.74, 6) is -0.151. The maximum Gasteiger partial charge on any atom is 0.329 e. The number of anilines is 1. The van der Waals surface area contributed by atoms with Gasteiger partial charge in [0.15, 0.2) is 10.9 Å². The predicted octanol–water partition coefficient (Wildman–Crippen LogP) is 0.401. The number of nitrogens with two attached hydrogens (primary N) is 2. The van der Waals surface area contributed by atoms with Gasteiger partial charge in [0.05, 0.1) is 18.6 Å². The first-order valence-electron chi connectivity index (χ1n) is 10.2. The lowest BCUT2D eigenvalue weighted by Gasteiger charge is -2.14. The number of primary amides is 1. The largest absolute Gasteiger partial charge is 0.467 e. The third-order valence-electron chi connectivity index (χ3n) is 4.68. The van der Waals surface area contributed by atoms with Crippen LogP contribution >= 0.6 is 11.8 Å². The lowest BCUT2D eigenvalue weighted by Crippen LogP contribution is -2.37. The first-order valence-corrected chi connectivity index (χ1v) is 11.2. The summed E-state index contributed by atoms with van der Waals surface area (Å²) in [6.07, 6.45) is 1.88. The average Bonchev–Trinajstić information content (AvgIpc) is 3.38. The molecular weight excluding hydrogens is 450 g/mol. The fourth-order valence-electron chi connectivity index (χ4n) is 3.17. The number of Topliss-reactive ketones (excluding diaryl/α,β-unsaturated/α-hetero) is 1. The van der Waals surface area contributed by atoms with Crippen molar-refractivity contribution in [2.24, 2.45) is 11.7 Å². The summed E-state index contributed by atoms with van der Waals surface area (Å²) in [4.78, 5) is 50.7. The van der Waals surface area contributed by atoms with E-state index in [0.29, 0.717) is 16.7 Å². The van der Waals surface area contributed by atoms with Crippen LogP contribution in [0.4, 0.5) is 5.82 Å². The quantitative estimate of drug-likeness (QED) is 0.261. The molecule has 3 heterocycles. The number of ketones is 1. The fourth-order valence-corrected chi connectivity index (χ4v) is 4.00. The molecule has 3 aromatic heterocycles. The molecule has 0 aliphatic carbocycles. The van der Waals surface area contributed by atoms with Gasteiger partial charge in [-0.05, 0) is 18.1 Å². The van der Waals surface area contributed by atoms with Crippen molar-refractivity contribution in [2.45, 2.75) is 44.9 Å². The SMILES string of the molecule is CC(C)Cn1c(N)c(C(=O)CSc2nnc(CCC(N)=O)n2Cc2ccco2)c(=O)[nH]c1=O. The summed E-state index contributed by atoms with van der Waals surface area (Å²) in [6.45, 7) is 4.31. The molecule has 0 aliphatic rings. The molecular formula is C20H25N7O5S. The van der Waals surface area contributed by atoms with Crippen molar-refractivity contribution in [3.05, 3.63) is 56.4 Å². The number of aromatic amines is 1. The maximum atomic E-state index is 12.9. The van der Waals surface area contributed by atoms with Gasteiger partial charge in [-0.3, -0.25) is 28.5 Å². The van der Waals surface area contributed by atoms with Gasteiger partial charge in [-0.25, -0.2) is 4.79 Å². The Labute approximate surface area is 192 Å². The highest BCUT2D eigenvalue weighted by atomic mass is 32.2. The Morgan fingerprint density at radius 2 is 2.00 bits per heavy atom. The minimum absolute atomic E-state index is 0.0761. The topological polar surface area (TPSA) is 185 Å². The Bertz CT molecular complexity index is 1260. The second kappa shape index (κ2) is 10.3. The van der Waals surface area contributed by atoms with Crippen molar-refractivity contribution in [3.8, 4) is 0 Å². The molecule has 0 spiro atoms. The number of aryl methyl sites for hydroxylation is 1. The summed E-state index contributed by atoms with van der Waals surface area (Å²) < 4.78 is 8.29. The monoisotopic (exact) mass is 475 g/mol. The minimum Gasteiger partial charge on any atom is -0.467 e. The Balaban J connectivity index is 1.85. The molecule has 0 aliphatic heterocycles. The molecule has 12 nitrogen and oxygen atoms in total. The van der Waals surface area contributed by atoms with Gasteiger partial charge < -0.3 is 15.9 Å². The molecule has 1 amide bonds. The van der Waals surface area contributed by atoms with E-state index in [9.17, 15) is 19.2 Å². The number of thioether (sulfide) groups is 1. The lowest BCUT2D eigenvalue weighted by molar-refractivity contribution is -0.118. The summed E-state index contributed by atoms with van der Waals surface area (Å²) in [5.41, 5.74) is 9.50. The van der Waals surface area contributed by atoms with Crippen LogP contribution in [-0.4, -0.2) is 41.8 Å². The number of amides is 1. The number of nitrogens with one attached hydrogen (secondary N) is 1. The van der Waals surface area contributed by atoms with E-state index in [2.05, 4.69) is 15.2 Å². The number of rotatable bonds is 11. The van der Waals surface area contributed by atoms with E-state index in [0.717, 1.165) is 11.8 Å². The number of carbonyl (C=O) groups is 2. The zero-order valence-electron chi connectivity index (χ0n) is 18.2. The minimum atomic E-state index is -0.831. The molecule has 0 atom stereocenters. The van der Waals surface area contributed by atoms with Crippen molar-refractivity contribution < 1.29 is 14.0 Å².